The van der Waals surface area contributed by atoms with Crippen LogP contribution in [0.5, 0.6) is 23.0 Å². The molecule has 196 valence electrons. The SMILES string of the molecule is CCCCCOc1ccc(C(NC(=O)c2cccc(OC)c2)NC(=O)c2cccc(OC)c2)cc1OC. The van der Waals surface area contributed by atoms with E-state index in [1.807, 2.05) is 0 Å². The number of nitrogens with one attached hydrogen (secondary N) is 2. The van der Waals surface area contributed by atoms with Crippen molar-refractivity contribution < 1.29 is 28.5 Å². The Bertz CT molecular complexity index is 1140. The Morgan fingerprint density at radius 3 is 1.84 bits per heavy atom. The number of unbranched alkanes of at least 4 members (excludes halogenated alkanes) is 2. The van der Waals surface area contributed by atoms with E-state index in [2.05, 4.69) is 17.6 Å². The molecule has 0 heterocycles. The maximum atomic E-state index is 13.1. The van der Waals surface area contributed by atoms with Crippen molar-refractivity contribution in [3.05, 3.63) is 83.4 Å². The number of methoxy groups -OCH3 is 3. The van der Waals surface area contributed by atoms with E-state index in [1.54, 1.807) is 73.8 Å². The van der Waals surface area contributed by atoms with Crippen molar-refractivity contribution >= 4 is 11.8 Å². The molecule has 0 radical (unpaired) electrons. The summed E-state index contributed by atoms with van der Waals surface area (Å²) in [4.78, 5) is 26.3. The van der Waals surface area contributed by atoms with Gasteiger partial charge in [0.05, 0.1) is 27.9 Å². The molecule has 0 aliphatic rings. The van der Waals surface area contributed by atoms with Crippen molar-refractivity contribution in [3.8, 4) is 23.0 Å². The molecule has 3 aromatic rings. The molecular formula is C29H34N2O6. The standard InChI is InChI=1S/C29H34N2O6/c1-5-6-7-16-37-25-15-14-20(19-26(25)36-4)27(30-28(32)21-10-8-12-23(17-21)34-2)31-29(33)22-11-9-13-24(18-22)35-3/h8-15,17-19,27H,5-7,16H2,1-4H3,(H,30,32)(H,31,33). The first-order valence-electron chi connectivity index (χ1n) is 12.2. The van der Waals surface area contributed by atoms with Crippen LogP contribution in [-0.4, -0.2) is 39.8 Å². The van der Waals surface area contributed by atoms with Gasteiger partial charge in [0.15, 0.2) is 11.5 Å². The Morgan fingerprint density at radius 2 is 1.32 bits per heavy atom. The highest BCUT2D eigenvalue weighted by molar-refractivity contribution is 5.97. The summed E-state index contributed by atoms with van der Waals surface area (Å²) in [6.45, 7) is 2.71. The fourth-order valence-electron chi connectivity index (χ4n) is 3.68. The van der Waals surface area contributed by atoms with Crippen molar-refractivity contribution in [3.63, 3.8) is 0 Å². The third-order valence-electron chi connectivity index (χ3n) is 5.74. The van der Waals surface area contributed by atoms with E-state index in [9.17, 15) is 9.59 Å². The normalized spacial score (nSPS) is 10.5. The minimum atomic E-state index is -0.861. The first kappa shape index (κ1) is 27.4. The van der Waals surface area contributed by atoms with E-state index in [0.717, 1.165) is 19.3 Å². The fraction of sp³-hybridized carbons (Fsp3) is 0.310. The lowest BCUT2D eigenvalue weighted by atomic mass is 10.1. The van der Waals surface area contributed by atoms with Crippen LogP contribution in [0.25, 0.3) is 0 Å². The summed E-state index contributed by atoms with van der Waals surface area (Å²) < 4.78 is 21.9. The topological polar surface area (TPSA) is 95.1 Å². The molecule has 0 fully saturated rings. The Morgan fingerprint density at radius 1 is 0.730 bits per heavy atom. The molecule has 3 rings (SSSR count). The number of carbonyl (C=O) groups is 2. The molecule has 8 nitrogen and oxygen atoms in total. The lowest BCUT2D eigenvalue weighted by Gasteiger charge is -2.22. The van der Waals surface area contributed by atoms with Crippen molar-refractivity contribution in [2.45, 2.75) is 32.4 Å². The molecule has 0 atom stereocenters. The average molecular weight is 507 g/mol. The predicted molar refractivity (Wildman–Crippen MR) is 142 cm³/mol. The number of rotatable bonds is 13. The van der Waals surface area contributed by atoms with Crippen LogP contribution in [0.1, 0.15) is 58.6 Å². The molecule has 0 saturated heterocycles. The average Bonchev–Trinajstić information content (AvgIpc) is 2.94. The van der Waals surface area contributed by atoms with Gasteiger partial charge in [0.25, 0.3) is 11.8 Å². The number of hydrogen-bond acceptors (Lipinski definition) is 6. The number of amides is 2. The molecule has 37 heavy (non-hydrogen) atoms. The van der Waals surface area contributed by atoms with E-state index in [4.69, 9.17) is 18.9 Å². The second kappa shape index (κ2) is 13.8. The molecule has 0 spiro atoms. The van der Waals surface area contributed by atoms with E-state index in [-0.39, 0.29) is 11.8 Å². The molecular weight excluding hydrogens is 472 g/mol. The monoisotopic (exact) mass is 506 g/mol. The van der Waals surface area contributed by atoms with Gasteiger partial charge in [-0.3, -0.25) is 9.59 Å². The first-order valence-corrected chi connectivity index (χ1v) is 12.2. The summed E-state index contributed by atoms with van der Waals surface area (Å²) in [6, 6.07) is 18.9. The van der Waals surface area contributed by atoms with Gasteiger partial charge in [-0.05, 0) is 60.5 Å². The zero-order chi connectivity index (χ0) is 26.6. The highest BCUT2D eigenvalue weighted by Crippen LogP contribution is 2.30. The Kier molecular flexibility index (Phi) is 10.2. The predicted octanol–water partition coefficient (Wildman–Crippen LogP) is 5.14. The number of carbonyl (C=O) groups excluding carboxylic acids is 2. The molecule has 8 heteroatoms. The van der Waals surface area contributed by atoms with Crippen LogP contribution in [0.15, 0.2) is 66.7 Å². The number of hydrogen-bond donors (Lipinski definition) is 2. The summed E-state index contributed by atoms with van der Waals surface area (Å²) in [7, 11) is 4.62. The first-order chi connectivity index (χ1) is 18.0. The molecule has 0 bridgehead atoms. The third kappa shape index (κ3) is 7.64. The van der Waals surface area contributed by atoms with Crippen molar-refractivity contribution in [1.29, 1.82) is 0 Å². The summed E-state index contributed by atoms with van der Waals surface area (Å²) in [5.74, 6) is 1.44. The Hall–Kier alpha value is -4.20. The van der Waals surface area contributed by atoms with Gasteiger partial charge in [0, 0.05) is 11.1 Å². The third-order valence-corrected chi connectivity index (χ3v) is 5.74. The van der Waals surface area contributed by atoms with E-state index in [0.29, 0.717) is 46.3 Å². The zero-order valence-electron chi connectivity index (χ0n) is 21.7. The van der Waals surface area contributed by atoms with Crippen LogP contribution >= 0.6 is 0 Å². The van der Waals surface area contributed by atoms with Gasteiger partial charge in [0.1, 0.15) is 17.7 Å². The minimum absolute atomic E-state index is 0.381. The summed E-state index contributed by atoms with van der Waals surface area (Å²) in [5.41, 5.74) is 1.40. The van der Waals surface area contributed by atoms with Crippen LogP contribution in [0, 0.1) is 0 Å². The summed E-state index contributed by atoms with van der Waals surface area (Å²) >= 11 is 0. The van der Waals surface area contributed by atoms with Crippen LogP contribution in [0.4, 0.5) is 0 Å². The highest BCUT2D eigenvalue weighted by atomic mass is 16.5. The van der Waals surface area contributed by atoms with Crippen molar-refractivity contribution in [1.82, 2.24) is 10.6 Å². The fourth-order valence-corrected chi connectivity index (χ4v) is 3.68. The smallest absolute Gasteiger partial charge is 0.253 e. The lowest BCUT2D eigenvalue weighted by Crippen LogP contribution is -2.41. The summed E-state index contributed by atoms with van der Waals surface area (Å²) in [6.07, 6.45) is 2.26. The molecule has 0 aliphatic heterocycles. The van der Waals surface area contributed by atoms with Gasteiger partial charge in [-0.15, -0.1) is 0 Å². The zero-order valence-corrected chi connectivity index (χ0v) is 21.7. The van der Waals surface area contributed by atoms with Crippen LogP contribution in [0.3, 0.4) is 0 Å². The van der Waals surface area contributed by atoms with Gasteiger partial charge < -0.3 is 29.6 Å². The van der Waals surface area contributed by atoms with E-state index in [1.165, 1.54) is 14.2 Å². The molecule has 2 N–H and O–H groups in total. The van der Waals surface area contributed by atoms with Crippen LogP contribution in [0.2, 0.25) is 0 Å². The maximum absolute atomic E-state index is 13.1. The second-order valence-corrected chi connectivity index (χ2v) is 8.31. The Labute approximate surface area is 217 Å². The molecule has 0 aliphatic carbocycles. The minimum Gasteiger partial charge on any atom is -0.497 e. The van der Waals surface area contributed by atoms with Gasteiger partial charge >= 0.3 is 0 Å². The molecule has 3 aromatic carbocycles. The van der Waals surface area contributed by atoms with E-state index >= 15 is 0 Å². The highest BCUT2D eigenvalue weighted by Gasteiger charge is 2.21. The summed E-state index contributed by atoms with van der Waals surface area (Å²) in [5, 5.41) is 5.81. The lowest BCUT2D eigenvalue weighted by molar-refractivity contribution is 0.0883. The molecule has 0 aromatic heterocycles. The van der Waals surface area contributed by atoms with E-state index < -0.39 is 6.17 Å². The second-order valence-electron chi connectivity index (χ2n) is 8.31. The van der Waals surface area contributed by atoms with Crippen molar-refractivity contribution in [2.24, 2.45) is 0 Å². The molecule has 2 amide bonds. The van der Waals surface area contributed by atoms with Gasteiger partial charge in [-0.1, -0.05) is 38.0 Å². The molecule has 0 saturated carbocycles. The number of benzene rings is 3. The van der Waals surface area contributed by atoms with Gasteiger partial charge in [-0.25, -0.2) is 0 Å². The number of ether oxygens (including phenoxy) is 4. The largest absolute Gasteiger partial charge is 0.497 e. The van der Waals surface area contributed by atoms with Crippen LogP contribution < -0.4 is 29.6 Å². The Balaban J connectivity index is 1.89. The molecule has 0 unspecified atom stereocenters. The quantitative estimate of drug-likeness (QED) is 0.246. The van der Waals surface area contributed by atoms with Gasteiger partial charge in [-0.2, -0.15) is 0 Å². The maximum Gasteiger partial charge on any atom is 0.253 e. The van der Waals surface area contributed by atoms with Gasteiger partial charge in [0.2, 0.25) is 0 Å². The van der Waals surface area contributed by atoms with Crippen LogP contribution in [-0.2, 0) is 0 Å². The van der Waals surface area contributed by atoms with Crippen molar-refractivity contribution in [2.75, 3.05) is 27.9 Å².